The van der Waals surface area contributed by atoms with Crippen LogP contribution in [0.25, 0.3) is 10.6 Å². The predicted octanol–water partition coefficient (Wildman–Crippen LogP) is 4.24. The fraction of sp³-hybridized carbons (Fsp3) is 0.125. The monoisotopic (exact) mass is 331 g/mol. The second-order valence-electron chi connectivity index (χ2n) is 4.43. The van der Waals surface area contributed by atoms with Gasteiger partial charge in [-0.15, -0.1) is 11.3 Å². The third-order valence-corrected chi connectivity index (χ3v) is 4.62. The maximum atomic E-state index is 12.1. The molecule has 0 saturated carbocycles. The molecule has 2 heterocycles. The molecule has 0 aliphatic heterocycles. The Morgan fingerprint density at radius 2 is 2.09 bits per heavy atom. The molecule has 3 aromatic rings. The van der Waals surface area contributed by atoms with E-state index in [1.807, 2.05) is 28.3 Å². The number of thiophene rings is 1. The molecule has 0 N–H and O–H groups in total. The number of esters is 1. The van der Waals surface area contributed by atoms with Crippen LogP contribution in [-0.4, -0.2) is 18.1 Å². The van der Waals surface area contributed by atoms with E-state index in [9.17, 15) is 4.79 Å². The minimum atomic E-state index is -0.414. The Labute approximate surface area is 136 Å². The van der Waals surface area contributed by atoms with Gasteiger partial charge in [-0.1, -0.05) is 12.1 Å². The first kappa shape index (κ1) is 14.7. The van der Waals surface area contributed by atoms with E-state index in [-0.39, 0.29) is 6.61 Å². The van der Waals surface area contributed by atoms with Crippen molar-refractivity contribution in [1.82, 2.24) is 4.98 Å². The number of hydrogen-bond acceptors (Lipinski definition) is 6. The lowest BCUT2D eigenvalue weighted by atomic mass is 10.2. The molecule has 0 bridgehead atoms. The van der Waals surface area contributed by atoms with E-state index >= 15 is 0 Å². The van der Waals surface area contributed by atoms with Gasteiger partial charge in [-0.25, -0.2) is 9.78 Å². The number of rotatable bonds is 5. The van der Waals surface area contributed by atoms with Crippen molar-refractivity contribution in [2.24, 2.45) is 0 Å². The molecule has 2 aromatic heterocycles. The standard InChI is InChI=1S/C16H13NO3S2/c1-19-14-5-3-2-4-13(14)16(18)20-8-12-10-22-15(17-12)11-6-7-21-9-11/h2-7,9-10H,8H2,1H3. The van der Waals surface area contributed by atoms with E-state index < -0.39 is 5.97 Å². The summed E-state index contributed by atoms with van der Waals surface area (Å²) in [6, 6.07) is 9.01. The molecule has 3 rings (SSSR count). The number of ether oxygens (including phenoxy) is 2. The molecule has 0 amide bonds. The molecular weight excluding hydrogens is 318 g/mol. The molecule has 0 spiro atoms. The first-order chi connectivity index (χ1) is 10.8. The van der Waals surface area contributed by atoms with Gasteiger partial charge in [-0.05, 0) is 23.6 Å². The van der Waals surface area contributed by atoms with Crippen molar-refractivity contribution in [3.63, 3.8) is 0 Å². The van der Waals surface area contributed by atoms with Crippen LogP contribution in [0.4, 0.5) is 0 Å². The van der Waals surface area contributed by atoms with Gasteiger partial charge in [-0.2, -0.15) is 11.3 Å². The molecule has 112 valence electrons. The molecule has 4 nitrogen and oxygen atoms in total. The fourth-order valence-electron chi connectivity index (χ4n) is 1.92. The molecule has 0 atom stereocenters. The minimum Gasteiger partial charge on any atom is -0.496 e. The van der Waals surface area contributed by atoms with Crippen LogP contribution >= 0.6 is 22.7 Å². The minimum absolute atomic E-state index is 0.150. The zero-order valence-electron chi connectivity index (χ0n) is 11.8. The summed E-state index contributed by atoms with van der Waals surface area (Å²) in [6.45, 7) is 0.150. The molecule has 22 heavy (non-hydrogen) atoms. The Hall–Kier alpha value is -2.18. The third kappa shape index (κ3) is 3.18. The van der Waals surface area contributed by atoms with Crippen LogP contribution in [0.1, 0.15) is 16.1 Å². The number of carbonyl (C=O) groups excluding carboxylic acids is 1. The van der Waals surface area contributed by atoms with Crippen molar-refractivity contribution in [2.45, 2.75) is 6.61 Å². The van der Waals surface area contributed by atoms with E-state index in [0.29, 0.717) is 11.3 Å². The number of benzene rings is 1. The predicted molar refractivity (Wildman–Crippen MR) is 87.5 cm³/mol. The summed E-state index contributed by atoms with van der Waals surface area (Å²) in [5, 5.41) is 6.90. The number of para-hydroxylation sites is 1. The molecule has 6 heteroatoms. The van der Waals surface area contributed by atoms with Crippen LogP contribution in [0, 0.1) is 0 Å². The van der Waals surface area contributed by atoms with Crippen LogP contribution in [0.15, 0.2) is 46.5 Å². The molecule has 0 aliphatic carbocycles. The lowest BCUT2D eigenvalue weighted by Gasteiger charge is -2.07. The Kier molecular flexibility index (Phi) is 4.50. The van der Waals surface area contributed by atoms with Crippen molar-refractivity contribution >= 4 is 28.6 Å². The van der Waals surface area contributed by atoms with Crippen molar-refractivity contribution in [3.05, 3.63) is 57.7 Å². The zero-order chi connectivity index (χ0) is 15.4. The summed E-state index contributed by atoms with van der Waals surface area (Å²) < 4.78 is 10.5. The molecule has 1 aromatic carbocycles. The molecule has 0 saturated heterocycles. The molecular formula is C16H13NO3S2. The number of hydrogen-bond donors (Lipinski definition) is 0. The summed E-state index contributed by atoms with van der Waals surface area (Å²) in [7, 11) is 1.53. The van der Waals surface area contributed by atoms with E-state index in [2.05, 4.69) is 4.98 Å². The number of aromatic nitrogens is 1. The van der Waals surface area contributed by atoms with E-state index in [1.165, 1.54) is 7.11 Å². The number of thiazole rings is 1. The van der Waals surface area contributed by atoms with Gasteiger partial charge in [0.25, 0.3) is 0 Å². The average molecular weight is 331 g/mol. The van der Waals surface area contributed by atoms with Gasteiger partial charge < -0.3 is 9.47 Å². The summed E-state index contributed by atoms with van der Waals surface area (Å²) in [5.74, 6) is 0.0901. The topological polar surface area (TPSA) is 48.4 Å². The largest absolute Gasteiger partial charge is 0.496 e. The highest BCUT2D eigenvalue weighted by Gasteiger charge is 2.14. The highest BCUT2D eigenvalue weighted by molar-refractivity contribution is 7.14. The molecule has 0 unspecified atom stereocenters. The van der Waals surface area contributed by atoms with Gasteiger partial charge >= 0.3 is 5.97 Å². The van der Waals surface area contributed by atoms with E-state index in [1.54, 1.807) is 40.9 Å². The highest BCUT2D eigenvalue weighted by atomic mass is 32.1. The molecule has 0 fully saturated rings. The number of methoxy groups -OCH3 is 1. The van der Waals surface area contributed by atoms with E-state index in [0.717, 1.165) is 16.3 Å². The maximum Gasteiger partial charge on any atom is 0.342 e. The Morgan fingerprint density at radius 3 is 2.86 bits per heavy atom. The van der Waals surface area contributed by atoms with Crippen LogP contribution < -0.4 is 4.74 Å². The average Bonchev–Trinajstić information content (AvgIpc) is 3.23. The third-order valence-electron chi connectivity index (χ3n) is 3.00. The van der Waals surface area contributed by atoms with Crippen molar-refractivity contribution in [2.75, 3.05) is 7.11 Å². The number of carbonyl (C=O) groups is 1. The maximum absolute atomic E-state index is 12.1. The van der Waals surface area contributed by atoms with Gasteiger partial charge in [0.2, 0.25) is 0 Å². The van der Waals surface area contributed by atoms with Gasteiger partial charge in [0, 0.05) is 16.3 Å². The second kappa shape index (κ2) is 6.72. The van der Waals surface area contributed by atoms with Crippen LogP contribution in [0.2, 0.25) is 0 Å². The molecule has 0 radical (unpaired) electrons. The van der Waals surface area contributed by atoms with Crippen molar-refractivity contribution in [3.8, 4) is 16.3 Å². The van der Waals surface area contributed by atoms with Crippen LogP contribution in [0.5, 0.6) is 5.75 Å². The van der Waals surface area contributed by atoms with Gasteiger partial charge in [-0.3, -0.25) is 0 Å². The first-order valence-electron chi connectivity index (χ1n) is 6.55. The quantitative estimate of drug-likeness (QED) is 0.656. The first-order valence-corrected chi connectivity index (χ1v) is 8.37. The highest BCUT2D eigenvalue weighted by Crippen LogP contribution is 2.26. The van der Waals surface area contributed by atoms with E-state index in [4.69, 9.17) is 9.47 Å². The lowest BCUT2D eigenvalue weighted by molar-refractivity contribution is 0.0465. The summed E-state index contributed by atoms with van der Waals surface area (Å²) in [6.07, 6.45) is 0. The fourth-order valence-corrected chi connectivity index (χ4v) is 3.44. The Bertz CT molecular complexity index is 765. The smallest absolute Gasteiger partial charge is 0.342 e. The lowest BCUT2D eigenvalue weighted by Crippen LogP contribution is -2.07. The molecule has 0 aliphatic rings. The van der Waals surface area contributed by atoms with Gasteiger partial charge in [0.05, 0.1) is 12.8 Å². The summed E-state index contributed by atoms with van der Waals surface area (Å²) in [4.78, 5) is 16.6. The summed E-state index contributed by atoms with van der Waals surface area (Å²) in [5.41, 5.74) is 2.25. The second-order valence-corrected chi connectivity index (χ2v) is 6.07. The SMILES string of the molecule is COc1ccccc1C(=O)OCc1csc(-c2ccsc2)n1. The van der Waals surface area contributed by atoms with Gasteiger partial charge in [0.1, 0.15) is 22.9 Å². The number of nitrogens with zero attached hydrogens (tertiary/aromatic N) is 1. The zero-order valence-corrected chi connectivity index (χ0v) is 13.4. The van der Waals surface area contributed by atoms with Crippen molar-refractivity contribution in [1.29, 1.82) is 0 Å². The van der Waals surface area contributed by atoms with Gasteiger partial charge in [0.15, 0.2) is 0 Å². The van der Waals surface area contributed by atoms with Crippen LogP contribution in [-0.2, 0) is 11.3 Å². The Balaban J connectivity index is 1.66. The summed E-state index contributed by atoms with van der Waals surface area (Å²) >= 11 is 3.17. The Morgan fingerprint density at radius 1 is 1.23 bits per heavy atom. The van der Waals surface area contributed by atoms with Crippen LogP contribution in [0.3, 0.4) is 0 Å². The van der Waals surface area contributed by atoms with Crippen molar-refractivity contribution < 1.29 is 14.3 Å². The normalized spacial score (nSPS) is 10.4.